The lowest BCUT2D eigenvalue weighted by molar-refractivity contribution is 0.0949. The zero-order valence-electron chi connectivity index (χ0n) is 10.5. The van der Waals surface area contributed by atoms with Gasteiger partial charge in [0.25, 0.3) is 5.91 Å². The predicted octanol–water partition coefficient (Wildman–Crippen LogP) is -0.219. The Hall–Kier alpha value is -2.72. The maximum Gasteiger partial charge on any atom is 0.269 e. The van der Waals surface area contributed by atoms with Crippen molar-refractivity contribution in [2.24, 2.45) is 0 Å². The highest BCUT2D eigenvalue weighted by Crippen LogP contribution is 1.99. The van der Waals surface area contributed by atoms with E-state index in [-0.39, 0.29) is 12.5 Å². The monoisotopic (exact) mass is 272 g/mol. The van der Waals surface area contributed by atoms with Crippen LogP contribution in [-0.2, 0) is 6.42 Å². The molecular weight excluding hydrogens is 260 g/mol. The second-order valence-electron chi connectivity index (χ2n) is 3.75. The number of nitrogens with one attached hydrogen (secondary N) is 1. The largest absolute Gasteiger partial charge is 0.384 e. The van der Waals surface area contributed by atoms with Crippen LogP contribution in [0.3, 0.4) is 0 Å². The Morgan fingerprint density at radius 3 is 2.95 bits per heavy atom. The van der Waals surface area contributed by atoms with Crippen LogP contribution in [0.15, 0.2) is 29.2 Å². The average Bonchev–Trinajstić information content (AvgIpc) is 2.99. The molecule has 0 spiro atoms. The van der Waals surface area contributed by atoms with Crippen molar-refractivity contribution in [3.63, 3.8) is 0 Å². The normalized spacial score (nSPS) is 9.65. The summed E-state index contributed by atoms with van der Waals surface area (Å²) >= 11 is 0. The molecule has 0 unspecified atom stereocenters. The summed E-state index contributed by atoms with van der Waals surface area (Å²) in [7, 11) is 0. The molecule has 0 aliphatic heterocycles. The predicted molar refractivity (Wildman–Crippen MR) is 68.5 cm³/mol. The summed E-state index contributed by atoms with van der Waals surface area (Å²) in [6, 6.07) is 3.24. The van der Waals surface area contributed by atoms with Gasteiger partial charge in [-0.1, -0.05) is 17.0 Å². The van der Waals surface area contributed by atoms with Gasteiger partial charge in [-0.15, -0.1) is 0 Å². The first-order valence-corrected chi connectivity index (χ1v) is 5.89. The molecule has 0 aliphatic carbocycles. The van der Waals surface area contributed by atoms with Crippen LogP contribution in [0, 0.1) is 11.8 Å². The third-order valence-electron chi connectivity index (χ3n) is 2.35. The number of aliphatic hydroxyl groups is 1. The number of nitrogens with zero attached hydrogens (tertiary/aromatic N) is 3. The summed E-state index contributed by atoms with van der Waals surface area (Å²) in [6.07, 6.45) is 3.21. The number of rotatable bonds is 4. The molecule has 2 N–H and O–H groups in total. The minimum atomic E-state index is -0.282. The van der Waals surface area contributed by atoms with Gasteiger partial charge in [-0.25, -0.2) is 4.98 Å². The number of hydrogen-bond donors (Lipinski definition) is 2. The molecule has 7 heteroatoms. The molecule has 1 amide bonds. The SMILES string of the molecule is O=C(NCCc1ncon1)c1ccc(C#CCO)cn1. The summed E-state index contributed by atoms with van der Waals surface area (Å²) in [5, 5.41) is 14.9. The van der Waals surface area contributed by atoms with E-state index < -0.39 is 0 Å². The Morgan fingerprint density at radius 1 is 1.40 bits per heavy atom. The molecule has 0 fully saturated rings. The van der Waals surface area contributed by atoms with Crippen LogP contribution in [0.5, 0.6) is 0 Å². The molecule has 0 aliphatic rings. The first-order chi connectivity index (χ1) is 9.79. The van der Waals surface area contributed by atoms with Gasteiger partial charge in [-0.3, -0.25) is 4.79 Å². The molecule has 0 radical (unpaired) electrons. The molecular formula is C13H12N4O3. The molecule has 0 saturated heterocycles. The van der Waals surface area contributed by atoms with Gasteiger partial charge in [0.1, 0.15) is 12.3 Å². The van der Waals surface area contributed by atoms with Crippen LogP contribution in [0.25, 0.3) is 0 Å². The Bertz CT molecular complexity index is 611. The summed E-state index contributed by atoms with van der Waals surface area (Å²) < 4.78 is 4.59. The van der Waals surface area contributed by atoms with Crippen molar-refractivity contribution in [3.05, 3.63) is 41.8 Å². The zero-order chi connectivity index (χ0) is 14.2. The summed E-state index contributed by atoms with van der Waals surface area (Å²) in [6.45, 7) is 0.185. The number of carbonyl (C=O) groups excluding carboxylic acids is 1. The van der Waals surface area contributed by atoms with Crippen LogP contribution in [0.2, 0.25) is 0 Å². The number of hydrogen-bond acceptors (Lipinski definition) is 6. The minimum Gasteiger partial charge on any atom is -0.384 e. The van der Waals surface area contributed by atoms with E-state index in [0.717, 1.165) is 0 Å². The van der Waals surface area contributed by atoms with Crippen molar-refractivity contribution in [2.75, 3.05) is 13.2 Å². The van der Waals surface area contributed by atoms with Crippen molar-refractivity contribution in [3.8, 4) is 11.8 Å². The standard InChI is InChI=1S/C13H12N4O3/c18-7-1-2-10-3-4-11(15-8-10)13(19)14-6-5-12-16-9-20-17-12/h3-4,8-9,18H,5-7H2,(H,14,19). The van der Waals surface area contributed by atoms with Crippen LogP contribution in [0.1, 0.15) is 21.9 Å². The molecule has 0 atom stereocenters. The zero-order valence-corrected chi connectivity index (χ0v) is 10.5. The van der Waals surface area contributed by atoms with E-state index in [0.29, 0.717) is 30.0 Å². The highest BCUT2D eigenvalue weighted by molar-refractivity contribution is 5.92. The third-order valence-corrected chi connectivity index (χ3v) is 2.35. The van der Waals surface area contributed by atoms with Gasteiger partial charge in [0.05, 0.1) is 0 Å². The van der Waals surface area contributed by atoms with E-state index in [2.05, 4.69) is 36.8 Å². The molecule has 2 heterocycles. The lowest BCUT2D eigenvalue weighted by Crippen LogP contribution is -2.26. The van der Waals surface area contributed by atoms with E-state index in [9.17, 15) is 4.79 Å². The van der Waals surface area contributed by atoms with E-state index in [1.54, 1.807) is 12.1 Å². The second kappa shape index (κ2) is 7.01. The van der Waals surface area contributed by atoms with Gasteiger partial charge >= 0.3 is 0 Å². The number of pyridine rings is 1. The number of amides is 1. The van der Waals surface area contributed by atoms with Gasteiger partial charge in [0.2, 0.25) is 6.39 Å². The molecule has 2 aromatic rings. The number of aliphatic hydroxyl groups excluding tert-OH is 1. The number of carbonyl (C=O) groups is 1. The molecule has 0 bridgehead atoms. The minimum absolute atomic E-state index is 0.210. The molecule has 0 aromatic carbocycles. The van der Waals surface area contributed by atoms with Crippen LogP contribution >= 0.6 is 0 Å². The maximum atomic E-state index is 11.8. The molecule has 7 nitrogen and oxygen atoms in total. The highest BCUT2D eigenvalue weighted by atomic mass is 16.5. The van der Waals surface area contributed by atoms with Gasteiger partial charge < -0.3 is 14.9 Å². The van der Waals surface area contributed by atoms with Crippen molar-refractivity contribution in [1.82, 2.24) is 20.4 Å². The fourth-order valence-corrected chi connectivity index (χ4v) is 1.42. The molecule has 0 saturated carbocycles. The fraction of sp³-hybridized carbons (Fsp3) is 0.231. The summed E-state index contributed by atoms with van der Waals surface area (Å²) in [5.74, 6) is 5.46. The van der Waals surface area contributed by atoms with Gasteiger partial charge in [-0.2, -0.15) is 4.98 Å². The maximum absolute atomic E-state index is 11.8. The van der Waals surface area contributed by atoms with E-state index in [4.69, 9.17) is 5.11 Å². The first-order valence-electron chi connectivity index (χ1n) is 5.89. The van der Waals surface area contributed by atoms with Crippen molar-refractivity contribution in [1.29, 1.82) is 0 Å². The molecule has 2 aromatic heterocycles. The van der Waals surface area contributed by atoms with E-state index >= 15 is 0 Å². The lowest BCUT2D eigenvalue weighted by atomic mass is 10.2. The van der Waals surface area contributed by atoms with Crippen molar-refractivity contribution >= 4 is 5.91 Å². The second-order valence-corrected chi connectivity index (χ2v) is 3.75. The molecule has 2 rings (SSSR count). The number of aromatic nitrogens is 3. The first kappa shape index (κ1) is 13.7. The van der Waals surface area contributed by atoms with Crippen molar-refractivity contribution < 1.29 is 14.4 Å². The van der Waals surface area contributed by atoms with E-state index in [1.807, 2.05) is 0 Å². The fourth-order valence-electron chi connectivity index (χ4n) is 1.42. The summed E-state index contributed by atoms with van der Waals surface area (Å²) in [5.41, 5.74) is 0.940. The Morgan fingerprint density at radius 2 is 2.30 bits per heavy atom. The Balaban J connectivity index is 1.85. The van der Waals surface area contributed by atoms with Crippen LogP contribution in [0.4, 0.5) is 0 Å². The average molecular weight is 272 g/mol. The molecule has 102 valence electrons. The summed E-state index contributed by atoms with van der Waals surface area (Å²) in [4.78, 5) is 19.6. The Kier molecular flexibility index (Phi) is 4.81. The van der Waals surface area contributed by atoms with Crippen molar-refractivity contribution in [2.45, 2.75) is 6.42 Å². The van der Waals surface area contributed by atoms with Gasteiger partial charge in [0.15, 0.2) is 5.82 Å². The van der Waals surface area contributed by atoms with Crippen LogP contribution < -0.4 is 5.32 Å². The topological polar surface area (TPSA) is 101 Å². The third kappa shape index (κ3) is 3.90. The van der Waals surface area contributed by atoms with Gasteiger partial charge in [0, 0.05) is 24.7 Å². The van der Waals surface area contributed by atoms with Crippen LogP contribution in [-0.4, -0.2) is 39.3 Å². The lowest BCUT2D eigenvalue weighted by Gasteiger charge is -2.02. The quantitative estimate of drug-likeness (QED) is 0.746. The highest BCUT2D eigenvalue weighted by Gasteiger charge is 2.07. The Labute approximate surface area is 115 Å². The smallest absolute Gasteiger partial charge is 0.269 e. The van der Waals surface area contributed by atoms with E-state index in [1.165, 1.54) is 12.6 Å². The van der Waals surface area contributed by atoms with Gasteiger partial charge in [-0.05, 0) is 12.1 Å². The molecule has 20 heavy (non-hydrogen) atoms.